The van der Waals surface area contributed by atoms with Crippen LogP contribution in [0, 0.1) is 5.82 Å². The Bertz CT molecular complexity index is 1280. The summed E-state index contributed by atoms with van der Waals surface area (Å²) >= 11 is 1.24. The summed E-state index contributed by atoms with van der Waals surface area (Å²) in [6.45, 7) is -0.830. The highest BCUT2D eigenvalue weighted by Crippen LogP contribution is 2.45. The Kier molecular flexibility index (Phi) is 8.19. The number of ketones is 1. The van der Waals surface area contributed by atoms with E-state index in [1.165, 1.54) is 36.0 Å². The topological polar surface area (TPSA) is 113 Å². The zero-order valence-corrected chi connectivity index (χ0v) is 20.3. The second-order valence-electron chi connectivity index (χ2n) is 8.18. The second-order valence-corrected chi connectivity index (χ2v) is 9.31. The predicted octanol–water partition coefficient (Wildman–Crippen LogP) is 3.48. The van der Waals surface area contributed by atoms with E-state index < -0.39 is 29.5 Å². The van der Waals surface area contributed by atoms with Crippen LogP contribution in [0.3, 0.4) is 0 Å². The highest BCUT2D eigenvalue weighted by atomic mass is 32.2. The molecule has 0 aliphatic carbocycles. The van der Waals surface area contributed by atoms with Crippen LogP contribution in [0.4, 0.5) is 10.1 Å². The van der Waals surface area contributed by atoms with Crippen molar-refractivity contribution in [3.63, 3.8) is 0 Å². The zero-order valence-electron chi connectivity index (χ0n) is 19.5. The number of hydrogen-bond donors (Lipinski definition) is 2. The summed E-state index contributed by atoms with van der Waals surface area (Å²) in [6.07, 6.45) is 0. The number of aliphatic carboxylic acids is 1. The summed E-state index contributed by atoms with van der Waals surface area (Å²) in [5.74, 6) is -1.99. The number of hydrogen-bond acceptors (Lipinski definition) is 6. The molecule has 2 N–H and O–H groups in total. The monoisotopic (exact) mass is 522 g/mol. The van der Waals surface area contributed by atoms with Crippen molar-refractivity contribution in [2.45, 2.75) is 11.3 Å². The summed E-state index contributed by atoms with van der Waals surface area (Å²) in [7, 11) is 0. The van der Waals surface area contributed by atoms with Gasteiger partial charge in [0.05, 0.1) is 11.8 Å². The van der Waals surface area contributed by atoms with Gasteiger partial charge in [0.2, 0.25) is 5.91 Å². The van der Waals surface area contributed by atoms with E-state index in [9.17, 15) is 23.6 Å². The fourth-order valence-electron chi connectivity index (χ4n) is 3.85. The second kappa shape index (κ2) is 11.7. The van der Waals surface area contributed by atoms with Crippen LogP contribution in [0.15, 0.2) is 78.9 Å². The van der Waals surface area contributed by atoms with E-state index in [0.29, 0.717) is 11.3 Å². The number of nitrogens with zero attached hydrogens (tertiary/aromatic N) is 1. The molecule has 3 aromatic carbocycles. The summed E-state index contributed by atoms with van der Waals surface area (Å²) in [6, 6.07) is 21.1. The fourth-order valence-corrected chi connectivity index (χ4v) is 5.06. The van der Waals surface area contributed by atoms with Crippen LogP contribution < -0.4 is 15.0 Å². The first-order valence-corrected chi connectivity index (χ1v) is 12.4. The molecule has 8 nitrogen and oxygen atoms in total. The number of carbonyl (C=O) groups is 4. The number of nitrogens with one attached hydrogen (secondary N) is 1. The van der Waals surface area contributed by atoms with Crippen molar-refractivity contribution in [2.75, 3.05) is 23.8 Å². The Hall–Kier alpha value is -4.18. The van der Waals surface area contributed by atoms with Crippen molar-refractivity contribution in [3.05, 3.63) is 95.8 Å². The van der Waals surface area contributed by atoms with Crippen LogP contribution in [-0.2, 0) is 14.4 Å². The highest BCUT2D eigenvalue weighted by molar-refractivity contribution is 8.01. The van der Waals surface area contributed by atoms with Gasteiger partial charge in [0.15, 0.2) is 12.4 Å². The molecule has 0 saturated carbocycles. The number of carboxylic acid groups (broad SMARTS) is 1. The normalized spacial score (nSPS) is 16.6. The van der Waals surface area contributed by atoms with Crippen molar-refractivity contribution in [2.24, 2.45) is 0 Å². The molecule has 0 spiro atoms. The third-order valence-electron chi connectivity index (χ3n) is 5.67. The molecule has 1 aliphatic rings. The zero-order chi connectivity index (χ0) is 26.4. The minimum absolute atomic E-state index is 0.0633. The SMILES string of the molecule is O=C(O)CNC(=O)COc1ccc([C@H]2[C@H](SCC(=O)c3ccc(F)cc3)C(=O)N2c2ccccc2)cc1. The Morgan fingerprint density at radius 1 is 0.973 bits per heavy atom. The quantitative estimate of drug-likeness (QED) is 0.293. The number of thioether (sulfide) groups is 1. The lowest BCUT2D eigenvalue weighted by atomic mass is 9.92. The van der Waals surface area contributed by atoms with Crippen molar-refractivity contribution in [1.82, 2.24) is 5.32 Å². The van der Waals surface area contributed by atoms with Gasteiger partial charge in [0.25, 0.3) is 5.91 Å². The average molecular weight is 523 g/mol. The molecule has 1 fully saturated rings. The number of rotatable bonds is 11. The molecule has 190 valence electrons. The third-order valence-corrected chi connectivity index (χ3v) is 6.92. The maximum Gasteiger partial charge on any atom is 0.322 e. The molecule has 2 atom stereocenters. The van der Waals surface area contributed by atoms with Crippen molar-refractivity contribution in [1.29, 1.82) is 0 Å². The van der Waals surface area contributed by atoms with Gasteiger partial charge in [0, 0.05) is 11.3 Å². The first-order chi connectivity index (χ1) is 17.8. The number of carbonyl (C=O) groups excluding carboxylic acids is 3. The maximum absolute atomic E-state index is 13.2. The minimum Gasteiger partial charge on any atom is -0.484 e. The number of Topliss-reactive ketones (excluding diaryl/α,β-unsaturated/α-hetero) is 1. The molecule has 0 radical (unpaired) electrons. The van der Waals surface area contributed by atoms with E-state index in [1.807, 2.05) is 30.3 Å². The largest absolute Gasteiger partial charge is 0.484 e. The van der Waals surface area contributed by atoms with Crippen LogP contribution in [0.2, 0.25) is 0 Å². The fraction of sp³-hybridized carbons (Fsp3) is 0.185. The lowest BCUT2D eigenvalue weighted by Crippen LogP contribution is -2.57. The lowest BCUT2D eigenvalue weighted by Gasteiger charge is -2.47. The predicted molar refractivity (Wildman–Crippen MR) is 136 cm³/mol. The van der Waals surface area contributed by atoms with Crippen LogP contribution in [0.5, 0.6) is 5.75 Å². The molecular formula is C27H23FN2O6S. The van der Waals surface area contributed by atoms with E-state index in [1.54, 1.807) is 29.2 Å². The standard InChI is InChI=1S/C27H23FN2O6S/c28-19-10-6-17(7-11-19)22(31)16-37-26-25(30(27(26)35)20-4-2-1-3-5-20)18-8-12-21(13-9-18)36-15-23(32)29-14-24(33)34/h1-13,25-26H,14-16H2,(H,29,32)(H,33,34)/t25-,26-/m0/s1. The van der Waals surface area contributed by atoms with Gasteiger partial charge in [-0.25, -0.2) is 4.39 Å². The summed E-state index contributed by atoms with van der Waals surface area (Å²) in [4.78, 5) is 49.6. The van der Waals surface area contributed by atoms with Crippen LogP contribution >= 0.6 is 11.8 Å². The summed E-state index contributed by atoms with van der Waals surface area (Å²) < 4.78 is 18.6. The number of anilines is 1. The Labute approximate surface area is 216 Å². The smallest absolute Gasteiger partial charge is 0.322 e. The van der Waals surface area contributed by atoms with Crippen LogP contribution in [0.25, 0.3) is 0 Å². The van der Waals surface area contributed by atoms with Gasteiger partial charge in [-0.05, 0) is 54.1 Å². The van der Waals surface area contributed by atoms with Crippen LogP contribution in [0.1, 0.15) is 22.0 Å². The number of carboxylic acids is 1. The number of ether oxygens (including phenoxy) is 1. The molecular weight excluding hydrogens is 499 g/mol. The molecule has 1 aliphatic heterocycles. The third kappa shape index (κ3) is 6.34. The van der Waals surface area contributed by atoms with E-state index in [0.717, 1.165) is 11.3 Å². The Balaban J connectivity index is 1.46. The first kappa shape index (κ1) is 25.9. The molecule has 0 bridgehead atoms. The van der Waals surface area contributed by atoms with Gasteiger partial charge in [-0.1, -0.05) is 30.3 Å². The first-order valence-electron chi connectivity index (χ1n) is 11.3. The molecule has 4 rings (SSSR count). The number of benzene rings is 3. The summed E-state index contributed by atoms with van der Waals surface area (Å²) in [5.41, 5.74) is 1.93. The number of amides is 2. The van der Waals surface area contributed by atoms with E-state index in [2.05, 4.69) is 5.32 Å². The average Bonchev–Trinajstić information content (AvgIpc) is 2.90. The molecule has 3 aromatic rings. The molecule has 37 heavy (non-hydrogen) atoms. The van der Waals surface area contributed by atoms with Gasteiger partial charge >= 0.3 is 5.97 Å². The van der Waals surface area contributed by atoms with Gasteiger partial charge in [-0.2, -0.15) is 0 Å². The lowest BCUT2D eigenvalue weighted by molar-refractivity contribution is -0.138. The van der Waals surface area contributed by atoms with Crippen molar-refractivity contribution < 1.29 is 33.4 Å². The Morgan fingerprint density at radius 2 is 1.65 bits per heavy atom. The minimum atomic E-state index is -1.15. The van der Waals surface area contributed by atoms with Gasteiger partial charge in [0.1, 0.15) is 23.4 Å². The molecule has 0 aromatic heterocycles. The molecule has 1 saturated heterocycles. The van der Waals surface area contributed by atoms with E-state index in [-0.39, 0.29) is 30.1 Å². The molecule has 2 amide bonds. The van der Waals surface area contributed by atoms with Crippen molar-refractivity contribution >= 4 is 41.0 Å². The number of β-lactam (4-membered cyclic amide) rings is 1. The van der Waals surface area contributed by atoms with Gasteiger partial charge < -0.3 is 20.1 Å². The molecule has 10 heteroatoms. The number of halogens is 1. The van der Waals surface area contributed by atoms with Gasteiger partial charge in [-0.3, -0.25) is 19.2 Å². The van der Waals surface area contributed by atoms with E-state index >= 15 is 0 Å². The number of para-hydroxylation sites is 1. The molecule has 1 heterocycles. The Morgan fingerprint density at radius 3 is 2.30 bits per heavy atom. The van der Waals surface area contributed by atoms with Crippen molar-refractivity contribution in [3.8, 4) is 5.75 Å². The summed E-state index contributed by atoms with van der Waals surface area (Å²) in [5, 5.41) is 10.3. The highest BCUT2D eigenvalue weighted by Gasteiger charge is 2.49. The maximum atomic E-state index is 13.2. The van der Waals surface area contributed by atoms with Crippen LogP contribution in [-0.4, -0.2) is 52.8 Å². The molecule has 0 unspecified atom stereocenters. The van der Waals surface area contributed by atoms with E-state index in [4.69, 9.17) is 9.84 Å². The van der Waals surface area contributed by atoms with Gasteiger partial charge in [-0.15, -0.1) is 11.8 Å².